The fraction of sp³-hybridized carbons (Fsp3) is 0.318. The number of hydrogen-bond donors (Lipinski definition) is 2. The predicted octanol–water partition coefficient (Wildman–Crippen LogP) is 7.93. The molecule has 4 rings (SSSR count). The van der Waals surface area contributed by atoms with Crippen molar-refractivity contribution in [3.63, 3.8) is 0 Å². The molecule has 0 atom stereocenters. The molecule has 0 aliphatic heterocycles. The molecular weight excluding hydrogens is 649 g/mol. The molecule has 0 spiro atoms. The van der Waals surface area contributed by atoms with Gasteiger partial charge in [-0.25, -0.2) is 0 Å². The summed E-state index contributed by atoms with van der Waals surface area (Å²) in [5.74, 6) is 5.49. The van der Waals surface area contributed by atoms with Crippen LogP contribution in [0.1, 0.15) is 77.5 Å². The third kappa shape index (κ3) is 15.4. The number of amides is 4. The molecule has 0 bridgehead atoms. The molecule has 1 aliphatic carbocycles. The molecule has 0 heterocycles. The highest BCUT2D eigenvalue weighted by atomic mass is 16.2. The van der Waals surface area contributed by atoms with Crippen LogP contribution in [-0.4, -0.2) is 59.6 Å². The topological polar surface area (TPSA) is 98.8 Å². The van der Waals surface area contributed by atoms with Crippen molar-refractivity contribution < 1.29 is 19.2 Å². The SMILES string of the molecule is CC.CC.CCCN(CC(=O)Nc1ccc(C#Cc2ccc(NC(=O)CN(CCC)C(=O)Cc3ccccc3)cc2)cc1)C(=O)CC1=CC=C=C=C1. The van der Waals surface area contributed by atoms with E-state index in [0.29, 0.717) is 24.5 Å². The van der Waals surface area contributed by atoms with Crippen LogP contribution in [0.2, 0.25) is 0 Å². The van der Waals surface area contributed by atoms with Crippen molar-refractivity contribution in [1.82, 2.24) is 9.80 Å². The summed E-state index contributed by atoms with van der Waals surface area (Å²) < 4.78 is 0. The minimum absolute atomic E-state index is 0.0150. The van der Waals surface area contributed by atoms with Crippen molar-refractivity contribution in [3.05, 3.63) is 131 Å². The van der Waals surface area contributed by atoms with E-state index in [-0.39, 0.29) is 49.6 Å². The fourth-order valence-electron chi connectivity index (χ4n) is 4.95. The first-order valence-corrected chi connectivity index (χ1v) is 18.1. The first kappa shape index (κ1) is 42.3. The van der Waals surface area contributed by atoms with Crippen molar-refractivity contribution in [2.45, 2.75) is 67.2 Å². The molecule has 0 aromatic heterocycles. The molecular formula is C44H52N4O4. The number of carbonyl (C=O) groups is 4. The third-order valence-corrected chi connectivity index (χ3v) is 7.33. The fourth-order valence-corrected chi connectivity index (χ4v) is 4.95. The van der Waals surface area contributed by atoms with E-state index in [2.05, 4.69) is 33.9 Å². The molecule has 3 aromatic rings. The van der Waals surface area contributed by atoms with Crippen molar-refractivity contribution in [2.75, 3.05) is 36.8 Å². The lowest BCUT2D eigenvalue weighted by Crippen LogP contribution is -2.39. The van der Waals surface area contributed by atoms with Gasteiger partial charge in [0.25, 0.3) is 0 Å². The van der Waals surface area contributed by atoms with Gasteiger partial charge in [0, 0.05) is 35.6 Å². The Hall–Kier alpha value is -5.86. The second-order valence-electron chi connectivity index (χ2n) is 11.3. The van der Waals surface area contributed by atoms with Gasteiger partial charge in [0.15, 0.2) is 0 Å². The van der Waals surface area contributed by atoms with E-state index in [9.17, 15) is 19.2 Å². The number of allylic oxidation sites excluding steroid dienone is 3. The number of anilines is 2. The summed E-state index contributed by atoms with van der Waals surface area (Å²) in [5, 5.41) is 5.73. The van der Waals surface area contributed by atoms with Gasteiger partial charge >= 0.3 is 0 Å². The highest BCUT2D eigenvalue weighted by Crippen LogP contribution is 2.13. The second kappa shape index (κ2) is 24.3. The Balaban J connectivity index is 0.00000226. The Bertz CT molecular complexity index is 1790. The van der Waals surface area contributed by atoms with E-state index in [0.717, 1.165) is 35.1 Å². The van der Waals surface area contributed by atoms with Crippen LogP contribution in [0.15, 0.2) is 114 Å². The Morgan fingerprint density at radius 1 is 0.615 bits per heavy atom. The number of hydrogen-bond acceptors (Lipinski definition) is 4. The van der Waals surface area contributed by atoms with E-state index in [4.69, 9.17) is 0 Å². The van der Waals surface area contributed by atoms with Crippen molar-refractivity contribution >= 4 is 35.0 Å². The third-order valence-electron chi connectivity index (χ3n) is 7.33. The molecule has 0 saturated heterocycles. The number of rotatable bonds is 14. The molecule has 0 radical (unpaired) electrons. The van der Waals surface area contributed by atoms with E-state index in [1.807, 2.05) is 102 Å². The predicted molar refractivity (Wildman–Crippen MR) is 212 cm³/mol. The maximum Gasteiger partial charge on any atom is 0.243 e. The molecule has 1 aliphatic rings. The first-order chi connectivity index (χ1) is 25.3. The van der Waals surface area contributed by atoms with E-state index >= 15 is 0 Å². The highest BCUT2D eigenvalue weighted by molar-refractivity contribution is 5.95. The van der Waals surface area contributed by atoms with Crippen molar-refractivity contribution in [1.29, 1.82) is 0 Å². The molecule has 8 nitrogen and oxygen atoms in total. The zero-order valence-corrected chi connectivity index (χ0v) is 31.4. The first-order valence-electron chi connectivity index (χ1n) is 18.1. The zero-order valence-electron chi connectivity index (χ0n) is 31.4. The van der Waals surface area contributed by atoms with Gasteiger partial charge in [0.1, 0.15) is 0 Å². The highest BCUT2D eigenvalue weighted by Gasteiger charge is 2.18. The Morgan fingerprint density at radius 2 is 1.08 bits per heavy atom. The van der Waals surface area contributed by atoms with Gasteiger partial charge in [-0.15, -0.1) is 0 Å². The summed E-state index contributed by atoms with van der Waals surface area (Å²) >= 11 is 0. The van der Waals surface area contributed by atoms with Gasteiger partial charge in [0.2, 0.25) is 23.6 Å². The van der Waals surface area contributed by atoms with Gasteiger partial charge in [-0.05, 0) is 90.7 Å². The Morgan fingerprint density at radius 3 is 1.50 bits per heavy atom. The number of carbonyl (C=O) groups excluding carboxylic acids is 4. The van der Waals surface area contributed by atoms with Crippen LogP contribution in [0.4, 0.5) is 11.4 Å². The molecule has 0 fully saturated rings. The molecule has 52 heavy (non-hydrogen) atoms. The second-order valence-corrected chi connectivity index (χ2v) is 11.3. The molecule has 272 valence electrons. The quantitative estimate of drug-likeness (QED) is 0.132. The summed E-state index contributed by atoms with van der Waals surface area (Å²) in [5.41, 5.74) is 10.2. The van der Waals surface area contributed by atoms with Gasteiger partial charge < -0.3 is 20.4 Å². The Labute approximate surface area is 310 Å². The molecule has 3 aromatic carbocycles. The lowest BCUT2D eigenvalue weighted by Gasteiger charge is -2.22. The number of nitrogens with one attached hydrogen (secondary N) is 2. The van der Waals surface area contributed by atoms with E-state index in [1.165, 1.54) is 0 Å². The van der Waals surface area contributed by atoms with Crippen LogP contribution in [0.25, 0.3) is 0 Å². The minimum atomic E-state index is -0.271. The van der Waals surface area contributed by atoms with Crippen molar-refractivity contribution in [2.24, 2.45) is 0 Å². The molecule has 8 heteroatoms. The smallest absolute Gasteiger partial charge is 0.243 e. The van der Waals surface area contributed by atoms with Crippen LogP contribution in [0.5, 0.6) is 0 Å². The van der Waals surface area contributed by atoms with Gasteiger partial charge in [-0.3, -0.25) is 19.2 Å². The number of nitrogens with zero attached hydrogens (tertiary/aromatic N) is 2. The average Bonchev–Trinajstić information content (AvgIpc) is 3.17. The lowest BCUT2D eigenvalue weighted by atomic mass is 10.1. The van der Waals surface area contributed by atoms with Gasteiger partial charge in [0.05, 0.1) is 25.9 Å². The van der Waals surface area contributed by atoms with Crippen LogP contribution in [-0.2, 0) is 25.6 Å². The van der Waals surface area contributed by atoms with Crippen LogP contribution < -0.4 is 10.6 Å². The summed E-state index contributed by atoms with van der Waals surface area (Å²) in [7, 11) is 0. The maximum absolute atomic E-state index is 12.8. The minimum Gasteiger partial charge on any atom is -0.333 e. The molecule has 4 amide bonds. The van der Waals surface area contributed by atoms with Gasteiger partial charge in [-0.2, -0.15) is 0 Å². The summed E-state index contributed by atoms with van der Waals surface area (Å²) in [6.07, 6.45) is 7.23. The maximum atomic E-state index is 12.8. The molecule has 0 unspecified atom stereocenters. The summed E-state index contributed by atoms with van der Waals surface area (Å²) in [6.45, 7) is 12.9. The van der Waals surface area contributed by atoms with Crippen LogP contribution in [0.3, 0.4) is 0 Å². The molecule has 0 saturated carbocycles. The van der Waals surface area contributed by atoms with Crippen molar-refractivity contribution in [3.8, 4) is 11.8 Å². The molecule has 2 N–H and O–H groups in total. The summed E-state index contributed by atoms with van der Waals surface area (Å²) in [6, 6.07) is 23.9. The van der Waals surface area contributed by atoms with E-state index < -0.39 is 0 Å². The van der Waals surface area contributed by atoms with Gasteiger partial charge in [-0.1, -0.05) is 95.2 Å². The normalized spacial score (nSPS) is 10.5. The van der Waals surface area contributed by atoms with E-state index in [1.54, 1.807) is 46.2 Å². The standard InChI is InChI=1S/C40H40N4O4.2C2H6/c1-3-25-43(39(47)27-33-11-7-5-8-12-33)29-37(45)41-35-21-17-31(18-22-35)15-16-32-19-23-36(24-20-32)42-38(46)30-44(26-4-2)40(48)28-34-13-9-6-10-14-34;2*1-2/h5,7-9,11-14,17-24H,3-4,25-30H2,1-2H3,(H,41,45)(H,42,46);2*1-2H3. The lowest BCUT2D eigenvalue weighted by molar-refractivity contribution is -0.134. The number of benzene rings is 3. The zero-order chi connectivity index (χ0) is 38.1. The Kier molecular flexibility index (Phi) is 19.8. The largest absolute Gasteiger partial charge is 0.333 e. The monoisotopic (exact) mass is 700 g/mol. The van der Waals surface area contributed by atoms with Crippen LogP contribution in [0, 0.1) is 11.8 Å². The average molecular weight is 701 g/mol. The summed E-state index contributed by atoms with van der Waals surface area (Å²) in [4.78, 5) is 54.3. The van der Waals surface area contributed by atoms with Crippen LogP contribution >= 0.6 is 0 Å².